The van der Waals surface area contributed by atoms with E-state index in [1.54, 1.807) is 11.1 Å². The lowest BCUT2D eigenvalue weighted by Gasteiger charge is -2.25. The maximum absolute atomic E-state index is 2.47. The molecule has 1 aliphatic carbocycles. The summed E-state index contributed by atoms with van der Waals surface area (Å²) in [7, 11) is 0. The van der Waals surface area contributed by atoms with Gasteiger partial charge in [0.15, 0.2) is 0 Å². The van der Waals surface area contributed by atoms with Gasteiger partial charge in [0.25, 0.3) is 0 Å². The Balaban J connectivity index is 1.58. The molecule has 0 heterocycles. The molecule has 0 aliphatic heterocycles. The van der Waals surface area contributed by atoms with E-state index in [2.05, 4.69) is 56.3 Å². The predicted octanol–water partition coefficient (Wildman–Crippen LogP) is 8.16. The Morgan fingerprint density at radius 2 is 1.48 bits per heavy atom. The minimum Gasteiger partial charge on any atom is -0.0654 e. The summed E-state index contributed by atoms with van der Waals surface area (Å²) in [5.74, 6) is 0.919. The van der Waals surface area contributed by atoms with E-state index in [1.807, 2.05) is 0 Å². The molecule has 2 aromatic carbocycles. The molecule has 1 unspecified atom stereocenters. The van der Waals surface area contributed by atoms with Gasteiger partial charge in [0.1, 0.15) is 0 Å². The second kappa shape index (κ2) is 10.7. The molecule has 0 bridgehead atoms. The largest absolute Gasteiger partial charge is 0.0654 e. The van der Waals surface area contributed by atoms with Crippen molar-refractivity contribution in [3.8, 4) is 11.1 Å². The molecular weight excluding hydrogens is 324 g/mol. The maximum atomic E-state index is 2.47. The molecule has 0 saturated carbocycles. The molecule has 0 N–H and O–H groups in total. The molecule has 0 saturated heterocycles. The van der Waals surface area contributed by atoms with Crippen molar-refractivity contribution < 1.29 is 0 Å². The lowest BCUT2D eigenvalue weighted by molar-refractivity contribution is 0.406. The van der Waals surface area contributed by atoms with Gasteiger partial charge in [-0.25, -0.2) is 0 Å². The van der Waals surface area contributed by atoms with Crippen molar-refractivity contribution in [1.29, 1.82) is 0 Å². The van der Waals surface area contributed by atoms with Crippen molar-refractivity contribution >= 4 is 0 Å². The highest BCUT2D eigenvalue weighted by Crippen LogP contribution is 2.32. The summed E-state index contributed by atoms with van der Waals surface area (Å²) >= 11 is 0. The van der Waals surface area contributed by atoms with Crippen LogP contribution in [0.1, 0.15) is 88.3 Å². The van der Waals surface area contributed by atoms with Gasteiger partial charge in [-0.15, -0.1) is 0 Å². The third-order valence-electron chi connectivity index (χ3n) is 6.36. The number of fused-ring (bicyclic) bond motifs is 1. The van der Waals surface area contributed by atoms with Gasteiger partial charge in [0, 0.05) is 0 Å². The Morgan fingerprint density at radius 1 is 0.741 bits per heavy atom. The molecule has 0 amide bonds. The number of aryl methyl sites for hydroxylation is 2. The van der Waals surface area contributed by atoms with Crippen molar-refractivity contribution in [2.75, 3.05) is 0 Å². The lowest BCUT2D eigenvalue weighted by atomic mass is 9.80. The average molecular weight is 363 g/mol. The molecule has 1 atom stereocenters. The highest BCUT2D eigenvalue weighted by atomic mass is 14.2. The Kier molecular flexibility index (Phi) is 7.99. The van der Waals surface area contributed by atoms with E-state index in [9.17, 15) is 0 Å². The van der Waals surface area contributed by atoms with E-state index in [0.29, 0.717) is 0 Å². The quantitative estimate of drug-likeness (QED) is 0.374. The van der Waals surface area contributed by atoms with E-state index >= 15 is 0 Å². The van der Waals surface area contributed by atoms with E-state index in [1.165, 1.54) is 93.7 Å². The van der Waals surface area contributed by atoms with Crippen molar-refractivity contribution in [1.82, 2.24) is 0 Å². The SMILES string of the molecule is CCCCCCC1CCc2cc(-c3ccc(CCCCC)cc3)ccc2C1. The molecule has 0 nitrogen and oxygen atoms in total. The third kappa shape index (κ3) is 5.96. The fourth-order valence-corrected chi connectivity index (χ4v) is 4.56. The van der Waals surface area contributed by atoms with Gasteiger partial charge in [-0.05, 0) is 65.8 Å². The molecule has 0 spiro atoms. The molecule has 0 heteroatoms. The monoisotopic (exact) mass is 362 g/mol. The lowest BCUT2D eigenvalue weighted by Crippen LogP contribution is -2.14. The van der Waals surface area contributed by atoms with Gasteiger partial charge in [-0.2, -0.15) is 0 Å². The Hall–Kier alpha value is -1.56. The molecule has 0 fully saturated rings. The fraction of sp³-hybridized carbons (Fsp3) is 0.556. The number of hydrogen-bond donors (Lipinski definition) is 0. The third-order valence-corrected chi connectivity index (χ3v) is 6.36. The highest BCUT2D eigenvalue weighted by Gasteiger charge is 2.18. The first-order valence-electron chi connectivity index (χ1n) is 11.5. The second-order valence-electron chi connectivity index (χ2n) is 8.60. The standard InChI is InChI=1S/C27H38/c1-3-5-7-9-11-23-14-17-27-21-26(19-18-25(27)20-23)24-15-12-22(13-16-24)10-8-6-4-2/h12-13,15-16,18-19,21,23H,3-11,14,17,20H2,1-2H3. The summed E-state index contributed by atoms with van der Waals surface area (Å²) in [6.07, 6.45) is 16.2. The summed E-state index contributed by atoms with van der Waals surface area (Å²) in [4.78, 5) is 0. The zero-order valence-electron chi connectivity index (χ0n) is 17.6. The van der Waals surface area contributed by atoms with Crippen LogP contribution < -0.4 is 0 Å². The van der Waals surface area contributed by atoms with Crippen LogP contribution in [0, 0.1) is 5.92 Å². The highest BCUT2D eigenvalue weighted by molar-refractivity contribution is 5.65. The van der Waals surface area contributed by atoms with Crippen LogP contribution in [-0.4, -0.2) is 0 Å². The zero-order valence-corrected chi connectivity index (χ0v) is 17.6. The van der Waals surface area contributed by atoms with Crippen LogP contribution in [-0.2, 0) is 19.3 Å². The molecule has 0 radical (unpaired) electrons. The van der Waals surface area contributed by atoms with Gasteiger partial charge in [0.2, 0.25) is 0 Å². The first-order valence-corrected chi connectivity index (χ1v) is 11.5. The Bertz CT molecular complexity index is 680. The number of unbranched alkanes of at least 4 members (excludes halogenated alkanes) is 5. The maximum Gasteiger partial charge on any atom is -0.0181 e. The molecule has 27 heavy (non-hydrogen) atoms. The van der Waals surface area contributed by atoms with Crippen LogP contribution in [0.15, 0.2) is 42.5 Å². The number of rotatable bonds is 10. The Morgan fingerprint density at radius 3 is 2.26 bits per heavy atom. The van der Waals surface area contributed by atoms with Crippen LogP contribution in [0.3, 0.4) is 0 Å². The Labute approximate surface area is 167 Å². The van der Waals surface area contributed by atoms with Gasteiger partial charge in [0.05, 0.1) is 0 Å². The van der Waals surface area contributed by atoms with Crippen LogP contribution in [0.5, 0.6) is 0 Å². The van der Waals surface area contributed by atoms with Gasteiger partial charge < -0.3 is 0 Å². The van der Waals surface area contributed by atoms with Crippen LogP contribution in [0.2, 0.25) is 0 Å². The zero-order chi connectivity index (χ0) is 18.9. The predicted molar refractivity (Wildman–Crippen MR) is 119 cm³/mol. The smallest absolute Gasteiger partial charge is 0.0181 e. The van der Waals surface area contributed by atoms with E-state index in [4.69, 9.17) is 0 Å². The molecule has 146 valence electrons. The number of benzene rings is 2. The average Bonchev–Trinajstić information content (AvgIpc) is 2.71. The van der Waals surface area contributed by atoms with E-state index in [-0.39, 0.29) is 0 Å². The van der Waals surface area contributed by atoms with Crippen LogP contribution in [0.25, 0.3) is 11.1 Å². The normalized spacial score (nSPS) is 16.3. The first kappa shape index (κ1) is 20.2. The topological polar surface area (TPSA) is 0 Å². The van der Waals surface area contributed by atoms with E-state index in [0.717, 1.165) is 5.92 Å². The summed E-state index contributed by atoms with van der Waals surface area (Å²) < 4.78 is 0. The molecule has 2 aromatic rings. The minimum absolute atomic E-state index is 0.919. The summed E-state index contributed by atoms with van der Waals surface area (Å²) in [6, 6.07) is 16.5. The van der Waals surface area contributed by atoms with E-state index < -0.39 is 0 Å². The van der Waals surface area contributed by atoms with Gasteiger partial charge >= 0.3 is 0 Å². The number of hydrogen-bond acceptors (Lipinski definition) is 0. The summed E-state index contributed by atoms with van der Waals surface area (Å²) in [5, 5.41) is 0. The molecule has 0 aromatic heterocycles. The minimum atomic E-state index is 0.919. The fourth-order valence-electron chi connectivity index (χ4n) is 4.56. The molecule has 1 aliphatic rings. The van der Waals surface area contributed by atoms with Crippen molar-refractivity contribution in [2.45, 2.75) is 90.9 Å². The van der Waals surface area contributed by atoms with Gasteiger partial charge in [-0.1, -0.05) is 101 Å². The second-order valence-corrected chi connectivity index (χ2v) is 8.60. The van der Waals surface area contributed by atoms with Gasteiger partial charge in [-0.3, -0.25) is 0 Å². The first-order chi connectivity index (χ1) is 13.3. The summed E-state index contributed by atoms with van der Waals surface area (Å²) in [5.41, 5.74) is 7.47. The van der Waals surface area contributed by atoms with Crippen molar-refractivity contribution in [3.63, 3.8) is 0 Å². The van der Waals surface area contributed by atoms with Crippen LogP contribution >= 0.6 is 0 Å². The molecular formula is C27H38. The van der Waals surface area contributed by atoms with Crippen molar-refractivity contribution in [2.24, 2.45) is 5.92 Å². The molecule has 3 rings (SSSR count). The van der Waals surface area contributed by atoms with Crippen LogP contribution in [0.4, 0.5) is 0 Å². The summed E-state index contributed by atoms with van der Waals surface area (Å²) in [6.45, 7) is 4.57. The van der Waals surface area contributed by atoms with Crippen molar-refractivity contribution in [3.05, 3.63) is 59.2 Å².